The molecule has 0 aromatic heterocycles. The lowest BCUT2D eigenvalue weighted by atomic mass is 9.86. The summed E-state index contributed by atoms with van der Waals surface area (Å²) in [5.41, 5.74) is 5.80. The number of likely N-dealkylation sites (tertiary alicyclic amines) is 1. The highest BCUT2D eigenvalue weighted by Crippen LogP contribution is 2.29. The van der Waals surface area contributed by atoms with Gasteiger partial charge in [-0.2, -0.15) is 5.48 Å². The van der Waals surface area contributed by atoms with Crippen molar-refractivity contribution >= 4 is 0 Å². The number of rotatable bonds is 4. The molecule has 0 aliphatic carbocycles. The van der Waals surface area contributed by atoms with Gasteiger partial charge < -0.3 is 9.74 Å². The minimum Gasteiger partial charge on any atom is -0.306 e. The largest absolute Gasteiger partial charge is 0.306 e. The van der Waals surface area contributed by atoms with E-state index in [1.165, 1.54) is 37.1 Å². The van der Waals surface area contributed by atoms with Crippen molar-refractivity contribution in [2.24, 2.45) is 0 Å². The molecule has 0 unspecified atom stereocenters. The van der Waals surface area contributed by atoms with Crippen molar-refractivity contribution in [1.29, 1.82) is 0 Å². The van der Waals surface area contributed by atoms with Crippen LogP contribution in [-0.4, -0.2) is 32.1 Å². The molecular formula is C14H22N2O. The van der Waals surface area contributed by atoms with Gasteiger partial charge in [0.05, 0.1) is 7.11 Å². The highest BCUT2D eigenvalue weighted by molar-refractivity contribution is 5.30. The fourth-order valence-corrected chi connectivity index (χ4v) is 2.56. The SMILES string of the molecule is CONCc1ccccc1C1CCN(C)CC1. The lowest BCUT2D eigenvalue weighted by Gasteiger charge is -2.30. The smallest absolute Gasteiger partial charge is 0.0572 e. The normalized spacial score (nSPS) is 18.5. The lowest BCUT2D eigenvalue weighted by Crippen LogP contribution is -2.29. The maximum absolute atomic E-state index is 4.95. The molecule has 94 valence electrons. The molecule has 1 N–H and O–H groups in total. The van der Waals surface area contributed by atoms with Crippen LogP contribution in [0.3, 0.4) is 0 Å². The monoisotopic (exact) mass is 234 g/mol. The van der Waals surface area contributed by atoms with E-state index < -0.39 is 0 Å². The second-order valence-electron chi connectivity index (χ2n) is 4.80. The molecule has 17 heavy (non-hydrogen) atoms. The quantitative estimate of drug-likeness (QED) is 0.808. The van der Waals surface area contributed by atoms with Crippen LogP contribution in [0.2, 0.25) is 0 Å². The maximum Gasteiger partial charge on any atom is 0.0572 e. The zero-order valence-electron chi connectivity index (χ0n) is 10.8. The van der Waals surface area contributed by atoms with Crippen molar-refractivity contribution in [2.45, 2.75) is 25.3 Å². The molecule has 1 aliphatic heterocycles. The number of hydrogen-bond acceptors (Lipinski definition) is 3. The molecule has 1 fully saturated rings. The summed E-state index contributed by atoms with van der Waals surface area (Å²) in [6.45, 7) is 3.20. The molecular weight excluding hydrogens is 212 g/mol. The van der Waals surface area contributed by atoms with E-state index in [9.17, 15) is 0 Å². The number of piperidine rings is 1. The van der Waals surface area contributed by atoms with Crippen molar-refractivity contribution in [2.75, 3.05) is 27.2 Å². The summed E-state index contributed by atoms with van der Waals surface area (Å²) in [5.74, 6) is 0.709. The first-order valence-electron chi connectivity index (χ1n) is 6.33. The van der Waals surface area contributed by atoms with Crippen LogP contribution in [0, 0.1) is 0 Å². The van der Waals surface area contributed by atoms with Crippen LogP contribution < -0.4 is 5.48 Å². The molecule has 0 amide bonds. The van der Waals surface area contributed by atoms with E-state index in [1.54, 1.807) is 7.11 Å². The predicted molar refractivity (Wildman–Crippen MR) is 69.8 cm³/mol. The fourth-order valence-electron chi connectivity index (χ4n) is 2.56. The topological polar surface area (TPSA) is 24.5 Å². The van der Waals surface area contributed by atoms with Crippen molar-refractivity contribution in [3.05, 3.63) is 35.4 Å². The lowest BCUT2D eigenvalue weighted by molar-refractivity contribution is 0.0863. The van der Waals surface area contributed by atoms with Gasteiger partial charge in [0, 0.05) is 6.54 Å². The van der Waals surface area contributed by atoms with E-state index >= 15 is 0 Å². The number of hydrogen-bond donors (Lipinski definition) is 1. The van der Waals surface area contributed by atoms with E-state index in [2.05, 4.69) is 41.7 Å². The highest BCUT2D eigenvalue weighted by atomic mass is 16.6. The molecule has 1 aromatic rings. The Labute approximate surface area is 104 Å². The van der Waals surface area contributed by atoms with E-state index in [0.29, 0.717) is 5.92 Å². The zero-order chi connectivity index (χ0) is 12.1. The second-order valence-corrected chi connectivity index (χ2v) is 4.80. The summed E-state index contributed by atoms with van der Waals surface area (Å²) >= 11 is 0. The predicted octanol–water partition coefficient (Wildman–Crippen LogP) is 2.15. The van der Waals surface area contributed by atoms with E-state index in [4.69, 9.17) is 4.84 Å². The molecule has 3 heteroatoms. The third-order valence-corrected chi connectivity index (χ3v) is 3.62. The number of nitrogens with zero attached hydrogens (tertiary/aromatic N) is 1. The van der Waals surface area contributed by atoms with Gasteiger partial charge in [0.2, 0.25) is 0 Å². The Kier molecular flexibility index (Phi) is 4.54. The van der Waals surface area contributed by atoms with Gasteiger partial charge in [0.1, 0.15) is 0 Å². The molecule has 0 radical (unpaired) electrons. The standard InChI is InChI=1S/C14H22N2O/c1-16-9-7-12(8-10-16)14-6-4-3-5-13(14)11-15-17-2/h3-6,12,15H,7-11H2,1-2H3. The molecule has 0 bridgehead atoms. The molecule has 1 saturated heterocycles. The van der Waals surface area contributed by atoms with Gasteiger partial charge in [-0.15, -0.1) is 0 Å². The van der Waals surface area contributed by atoms with Gasteiger partial charge in [0.25, 0.3) is 0 Å². The van der Waals surface area contributed by atoms with Crippen LogP contribution >= 0.6 is 0 Å². The first-order valence-corrected chi connectivity index (χ1v) is 6.33. The summed E-state index contributed by atoms with van der Waals surface area (Å²) in [6.07, 6.45) is 2.53. The summed E-state index contributed by atoms with van der Waals surface area (Å²) in [6, 6.07) is 8.71. The van der Waals surface area contributed by atoms with Gasteiger partial charge in [-0.1, -0.05) is 24.3 Å². The first kappa shape index (κ1) is 12.6. The molecule has 2 rings (SSSR count). The summed E-state index contributed by atoms with van der Waals surface area (Å²) in [5, 5.41) is 0. The highest BCUT2D eigenvalue weighted by Gasteiger charge is 2.20. The Hall–Kier alpha value is -0.900. The van der Waals surface area contributed by atoms with Crippen molar-refractivity contribution < 1.29 is 4.84 Å². The van der Waals surface area contributed by atoms with Crippen LogP contribution in [0.5, 0.6) is 0 Å². The summed E-state index contributed by atoms with van der Waals surface area (Å²) in [4.78, 5) is 7.36. The minimum atomic E-state index is 0.709. The number of nitrogens with one attached hydrogen (secondary N) is 1. The van der Waals surface area contributed by atoms with E-state index in [0.717, 1.165) is 6.54 Å². The zero-order valence-corrected chi connectivity index (χ0v) is 10.8. The van der Waals surface area contributed by atoms with Gasteiger partial charge in [0.15, 0.2) is 0 Å². The van der Waals surface area contributed by atoms with Crippen LogP contribution in [-0.2, 0) is 11.4 Å². The van der Waals surface area contributed by atoms with Gasteiger partial charge in [-0.3, -0.25) is 0 Å². The van der Waals surface area contributed by atoms with Gasteiger partial charge in [-0.05, 0) is 50.0 Å². The molecule has 3 nitrogen and oxygen atoms in total. The third-order valence-electron chi connectivity index (χ3n) is 3.62. The molecule has 1 aliphatic rings. The Morgan fingerprint density at radius 1 is 1.29 bits per heavy atom. The van der Waals surface area contributed by atoms with Gasteiger partial charge in [-0.25, -0.2) is 0 Å². The van der Waals surface area contributed by atoms with Crippen molar-refractivity contribution in [3.8, 4) is 0 Å². The average Bonchev–Trinajstić information content (AvgIpc) is 2.38. The Morgan fingerprint density at radius 2 is 2.00 bits per heavy atom. The van der Waals surface area contributed by atoms with Crippen LogP contribution in [0.1, 0.15) is 29.9 Å². The summed E-state index contributed by atoms with van der Waals surface area (Å²) < 4.78 is 0. The van der Waals surface area contributed by atoms with E-state index in [-0.39, 0.29) is 0 Å². The summed E-state index contributed by atoms with van der Waals surface area (Å²) in [7, 11) is 3.87. The van der Waals surface area contributed by atoms with Crippen LogP contribution in [0.15, 0.2) is 24.3 Å². The van der Waals surface area contributed by atoms with Gasteiger partial charge >= 0.3 is 0 Å². The number of benzene rings is 1. The fraction of sp³-hybridized carbons (Fsp3) is 0.571. The van der Waals surface area contributed by atoms with E-state index in [1.807, 2.05) is 0 Å². The minimum absolute atomic E-state index is 0.709. The Balaban J connectivity index is 2.08. The van der Waals surface area contributed by atoms with Crippen LogP contribution in [0.4, 0.5) is 0 Å². The molecule has 0 atom stereocenters. The molecule has 1 heterocycles. The Morgan fingerprint density at radius 3 is 2.71 bits per heavy atom. The first-order chi connectivity index (χ1) is 8.31. The average molecular weight is 234 g/mol. The second kappa shape index (κ2) is 6.15. The number of hydroxylamine groups is 1. The van der Waals surface area contributed by atoms with Crippen LogP contribution in [0.25, 0.3) is 0 Å². The Bertz CT molecular complexity index is 346. The molecule has 1 aromatic carbocycles. The molecule has 0 spiro atoms. The van der Waals surface area contributed by atoms with Crippen molar-refractivity contribution in [1.82, 2.24) is 10.4 Å². The third kappa shape index (κ3) is 3.28. The van der Waals surface area contributed by atoms with Crippen molar-refractivity contribution in [3.63, 3.8) is 0 Å². The molecule has 0 saturated carbocycles. The maximum atomic E-state index is 4.95.